The summed E-state index contributed by atoms with van der Waals surface area (Å²) in [5.41, 5.74) is 7.30. The van der Waals surface area contributed by atoms with Gasteiger partial charge in [-0.25, -0.2) is 4.98 Å². The standard InChI is InChI=1S/C9H7N3OS/c10-7-8(13)12-6-4-2-1-3-5(6)11-9(12)14-7/h1-4,7H,10H2. The molecule has 0 fully saturated rings. The lowest BCUT2D eigenvalue weighted by atomic mass is 10.3. The molecule has 70 valence electrons. The van der Waals surface area contributed by atoms with Gasteiger partial charge in [0, 0.05) is 0 Å². The fourth-order valence-corrected chi connectivity index (χ4v) is 2.47. The highest BCUT2D eigenvalue weighted by molar-refractivity contribution is 8.00. The molecule has 1 aliphatic heterocycles. The van der Waals surface area contributed by atoms with E-state index in [1.807, 2.05) is 24.3 Å². The molecule has 0 amide bonds. The minimum atomic E-state index is -0.498. The van der Waals surface area contributed by atoms with Gasteiger partial charge < -0.3 is 5.73 Å². The molecule has 4 nitrogen and oxygen atoms in total. The Bertz CT molecular complexity index is 534. The number of fused-ring (bicyclic) bond motifs is 3. The zero-order chi connectivity index (χ0) is 9.71. The first-order valence-electron chi connectivity index (χ1n) is 4.21. The predicted octanol–water partition coefficient (Wildman–Crippen LogP) is 1.07. The highest BCUT2D eigenvalue weighted by Gasteiger charge is 2.31. The smallest absolute Gasteiger partial charge is 0.260 e. The van der Waals surface area contributed by atoms with Crippen molar-refractivity contribution in [2.45, 2.75) is 10.5 Å². The Balaban J connectivity index is 2.38. The maximum absolute atomic E-state index is 11.6. The van der Waals surface area contributed by atoms with Gasteiger partial charge in [0.25, 0.3) is 5.91 Å². The molecule has 2 heterocycles. The lowest BCUT2D eigenvalue weighted by Crippen LogP contribution is -2.25. The van der Waals surface area contributed by atoms with Gasteiger partial charge in [0.1, 0.15) is 5.37 Å². The molecule has 0 bridgehead atoms. The van der Waals surface area contributed by atoms with Crippen molar-refractivity contribution in [1.29, 1.82) is 0 Å². The molecule has 5 heteroatoms. The molecule has 0 radical (unpaired) electrons. The van der Waals surface area contributed by atoms with E-state index in [9.17, 15) is 4.79 Å². The van der Waals surface area contributed by atoms with Gasteiger partial charge >= 0.3 is 0 Å². The molecule has 0 saturated heterocycles. The van der Waals surface area contributed by atoms with E-state index in [-0.39, 0.29) is 5.91 Å². The summed E-state index contributed by atoms with van der Waals surface area (Å²) in [7, 11) is 0. The van der Waals surface area contributed by atoms with Crippen LogP contribution in [0.1, 0.15) is 4.79 Å². The molecule has 1 unspecified atom stereocenters. The first-order chi connectivity index (χ1) is 6.77. The Morgan fingerprint density at radius 2 is 2.21 bits per heavy atom. The number of hydrogen-bond donors (Lipinski definition) is 1. The van der Waals surface area contributed by atoms with E-state index in [2.05, 4.69) is 4.98 Å². The minimum Gasteiger partial charge on any atom is -0.311 e. The molecule has 2 N–H and O–H groups in total. The molecular weight excluding hydrogens is 198 g/mol. The number of nitrogens with zero attached hydrogens (tertiary/aromatic N) is 2. The molecule has 1 aliphatic rings. The second-order valence-corrected chi connectivity index (χ2v) is 4.20. The molecule has 0 aliphatic carbocycles. The normalized spacial score (nSPS) is 20.4. The van der Waals surface area contributed by atoms with E-state index < -0.39 is 5.37 Å². The van der Waals surface area contributed by atoms with E-state index >= 15 is 0 Å². The van der Waals surface area contributed by atoms with E-state index in [0.717, 1.165) is 11.0 Å². The largest absolute Gasteiger partial charge is 0.311 e. The summed E-state index contributed by atoms with van der Waals surface area (Å²) in [5, 5.41) is 0.200. The Kier molecular flexibility index (Phi) is 1.48. The molecule has 3 rings (SSSR count). The monoisotopic (exact) mass is 205 g/mol. The lowest BCUT2D eigenvalue weighted by molar-refractivity contribution is 0.0916. The van der Waals surface area contributed by atoms with Crippen molar-refractivity contribution >= 4 is 28.7 Å². The van der Waals surface area contributed by atoms with Crippen LogP contribution in [0.3, 0.4) is 0 Å². The van der Waals surface area contributed by atoms with Gasteiger partial charge in [-0.05, 0) is 12.1 Å². The molecule has 2 aromatic rings. The van der Waals surface area contributed by atoms with E-state index in [1.165, 1.54) is 11.8 Å². The van der Waals surface area contributed by atoms with E-state index in [4.69, 9.17) is 5.73 Å². The fourth-order valence-electron chi connectivity index (χ4n) is 1.59. The molecule has 1 atom stereocenters. The van der Waals surface area contributed by atoms with Crippen LogP contribution in [0.25, 0.3) is 11.0 Å². The zero-order valence-electron chi connectivity index (χ0n) is 7.18. The number of thioether (sulfide) groups is 1. The van der Waals surface area contributed by atoms with Crippen LogP contribution in [0.2, 0.25) is 0 Å². The van der Waals surface area contributed by atoms with Gasteiger partial charge in [0.15, 0.2) is 5.16 Å². The number of imidazole rings is 1. The highest BCUT2D eigenvalue weighted by atomic mass is 32.2. The van der Waals surface area contributed by atoms with Crippen LogP contribution in [0.4, 0.5) is 0 Å². The van der Waals surface area contributed by atoms with Crippen LogP contribution < -0.4 is 5.73 Å². The highest BCUT2D eigenvalue weighted by Crippen LogP contribution is 2.32. The number of benzene rings is 1. The van der Waals surface area contributed by atoms with Gasteiger partial charge in [-0.15, -0.1) is 0 Å². The Morgan fingerprint density at radius 1 is 1.43 bits per heavy atom. The summed E-state index contributed by atoms with van der Waals surface area (Å²) < 4.78 is 1.59. The summed E-state index contributed by atoms with van der Waals surface area (Å²) in [6, 6.07) is 7.56. The first kappa shape index (κ1) is 8.02. The third-order valence-corrected chi connectivity index (χ3v) is 3.17. The van der Waals surface area contributed by atoms with Crippen LogP contribution in [0, 0.1) is 0 Å². The van der Waals surface area contributed by atoms with E-state index in [0.29, 0.717) is 5.16 Å². The number of carbonyl (C=O) groups excluding carboxylic acids is 1. The average molecular weight is 205 g/mol. The molecular formula is C9H7N3OS. The minimum absolute atomic E-state index is 0.0845. The maximum Gasteiger partial charge on any atom is 0.260 e. The molecule has 1 aromatic heterocycles. The van der Waals surface area contributed by atoms with Crippen LogP contribution in [-0.2, 0) is 0 Å². The average Bonchev–Trinajstić information content (AvgIpc) is 2.65. The first-order valence-corrected chi connectivity index (χ1v) is 5.09. The second kappa shape index (κ2) is 2.59. The molecule has 0 saturated carbocycles. The third kappa shape index (κ3) is 0.880. The number of aromatic nitrogens is 2. The van der Waals surface area contributed by atoms with Crippen molar-refractivity contribution in [3.05, 3.63) is 24.3 Å². The summed E-state index contributed by atoms with van der Waals surface area (Å²) >= 11 is 1.30. The van der Waals surface area contributed by atoms with Crippen molar-refractivity contribution in [2.24, 2.45) is 5.73 Å². The maximum atomic E-state index is 11.6. The van der Waals surface area contributed by atoms with Gasteiger partial charge in [0.05, 0.1) is 11.0 Å². The molecule has 1 aromatic carbocycles. The van der Waals surface area contributed by atoms with Crippen LogP contribution in [0.5, 0.6) is 0 Å². The Hall–Kier alpha value is -1.33. The number of nitrogens with two attached hydrogens (primary N) is 1. The van der Waals surface area contributed by atoms with Crippen molar-refractivity contribution in [1.82, 2.24) is 9.55 Å². The second-order valence-electron chi connectivity index (χ2n) is 3.10. The van der Waals surface area contributed by atoms with E-state index in [1.54, 1.807) is 4.57 Å². The molecule has 14 heavy (non-hydrogen) atoms. The third-order valence-electron chi connectivity index (χ3n) is 2.23. The summed E-state index contributed by atoms with van der Waals surface area (Å²) in [6.07, 6.45) is 0. The number of carbonyl (C=O) groups is 1. The summed E-state index contributed by atoms with van der Waals surface area (Å²) in [6.45, 7) is 0. The number of rotatable bonds is 0. The Labute approximate surface area is 84.1 Å². The quantitative estimate of drug-likeness (QED) is 0.698. The topological polar surface area (TPSA) is 60.9 Å². The summed E-state index contributed by atoms with van der Waals surface area (Å²) in [4.78, 5) is 16.0. The van der Waals surface area contributed by atoms with Gasteiger partial charge in [-0.1, -0.05) is 23.9 Å². The number of hydrogen-bond acceptors (Lipinski definition) is 4. The SMILES string of the molecule is NC1Sc2nc3ccccc3n2C1=O. The lowest BCUT2D eigenvalue weighted by Gasteiger charge is -1.98. The Morgan fingerprint density at radius 3 is 3.07 bits per heavy atom. The van der Waals surface area contributed by atoms with Gasteiger partial charge in [-0.2, -0.15) is 0 Å². The van der Waals surface area contributed by atoms with Crippen LogP contribution >= 0.6 is 11.8 Å². The van der Waals surface area contributed by atoms with Crippen molar-refractivity contribution in [3.63, 3.8) is 0 Å². The van der Waals surface area contributed by atoms with Crippen LogP contribution in [0.15, 0.2) is 29.4 Å². The zero-order valence-corrected chi connectivity index (χ0v) is 7.99. The summed E-state index contributed by atoms with van der Waals surface area (Å²) in [5.74, 6) is -0.0845. The molecule has 0 spiro atoms. The van der Waals surface area contributed by atoms with Gasteiger partial charge in [-0.3, -0.25) is 9.36 Å². The van der Waals surface area contributed by atoms with Crippen LogP contribution in [-0.4, -0.2) is 20.8 Å². The van der Waals surface area contributed by atoms with Crippen molar-refractivity contribution in [3.8, 4) is 0 Å². The van der Waals surface area contributed by atoms with Crippen molar-refractivity contribution < 1.29 is 4.79 Å². The van der Waals surface area contributed by atoms with Crippen molar-refractivity contribution in [2.75, 3.05) is 0 Å². The predicted molar refractivity (Wildman–Crippen MR) is 54.2 cm³/mol. The fraction of sp³-hybridized carbons (Fsp3) is 0.111. The number of para-hydroxylation sites is 2. The van der Waals surface area contributed by atoms with Gasteiger partial charge in [0.2, 0.25) is 0 Å².